The normalized spacial score (nSPS) is 12.6. The zero-order valence-corrected chi connectivity index (χ0v) is 12.6. The maximum Gasteiger partial charge on any atom is 0.142 e. The summed E-state index contributed by atoms with van der Waals surface area (Å²) in [6, 6.07) is 4.33. The third kappa shape index (κ3) is 3.99. The van der Waals surface area contributed by atoms with Crippen molar-refractivity contribution in [1.29, 1.82) is 0 Å². The molecule has 1 aromatic carbocycles. The van der Waals surface area contributed by atoms with Gasteiger partial charge in [0.25, 0.3) is 0 Å². The van der Waals surface area contributed by atoms with E-state index in [0.717, 1.165) is 17.1 Å². The van der Waals surface area contributed by atoms with Gasteiger partial charge in [0, 0.05) is 18.5 Å². The van der Waals surface area contributed by atoms with Gasteiger partial charge in [0.1, 0.15) is 5.82 Å². The highest BCUT2D eigenvalue weighted by Crippen LogP contribution is 2.20. The maximum atomic E-state index is 13.3. The molecule has 0 aliphatic carbocycles. The number of hydrogen-bond donors (Lipinski definition) is 2. The molecule has 0 amide bonds. The number of nitrogens with zero attached hydrogens (tertiary/aromatic N) is 1. The Morgan fingerprint density at radius 3 is 2.95 bits per heavy atom. The molecule has 20 heavy (non-hydrogen) atoms. The summed E-state index contributed by atoms with van der Waals surface area (Å²) in [7, 11) is 0. The van der Waals surface area contributed by atoms with Crippen molar-refractivity contribution in [2.24, 2.45) is 0 Å². The number of aliphatic hydroxyl groups is 1. The van der Waals surface area contributed by atoms with Crippen LogP contribution in [-0.2, 0) is 13.0 Å². The van der Waals surface area contributed by atoms with Crippen molar-refractivity contribution >= 4 is 22.9 Å². The van der Waals surface area contributed by atoms with Crippen LogP contribution in [0.2, 0.25) is 5.02 Å². The van der Waals surface area contributed by atoms with Gasteiger partial charge < -0.3 is 10.4 Å². The summed E-state index contributed by atoms with van der Waals surface area (Å²) in [5.41, 5.74) is 1.47. The molecule has 3 nitrogen and oxygen atoms in total. The van der Waals surface area contributed by atoms with Crippen LogP contribution < -0.4 is 5.32 Å². The lowest BCUT2D eigenvalue weighted by atomic mass is 10.1. The molecule has 0 aliphatic rings. The number of thiazole rings is 1. The van der Waals surface area contributed by atoms with Crippen LogP contribution in [0.4, 0.5) is 4.39 Å². The van der Waals surface area contributed by atoms with Crippen LogP contribution in [0, 0.1) is 5.82 Å². The number of aryl methyl sites for hydroxylation is 1. The molecule has 108 valence electrons. The Kier molecular flexibility index (Phi) is 5.48. The summed E-state index contributed by atoms with van der Waals surface area (Å²) >= 11 is 7.24. The molecule has 2 N–H and O–H groups in total. The standard InChI is InChI=1S/C14H16ClFN2OS/c1-2-14-18-10(8-20-14)6-17-7-13(19)9-3-4-11(15)12(16)5-9/h3-5,8,13,17,19H,2,6-7H2,1H3. The third-order valence-corrected chi connectivity index (χ3v) is 4.22. The molecule has 0 radical (unpaired) electrons. The van der Waals surface area contributed by atoms with Crippen LogP contribution in [0.1, 0.15) is 29.3 Å². The van der Waals surface area contributed by atoms with Crippen molar-refractivity contribution in [3.8, 4) is 0 Å². The number of benzene rings is 1. The van der Waals surface area contributed by atoms with E-state index in [9.17, 15) is 9.50 Å². The second-order valence-corrected chi connectivity index (χ2v) is 5.76. The Hall–Kier alpha value is -1.01. The molecule has 1 unspecified atom stereocenters. The highest BCUT2D eigenvalue weighted by Gasteiger charge is 2.10. The van der Waals surface area contributed by atoms with E-state index in [0.29, 0.717) is 18.7 Å². The number of aromatic nitrogens is 1. The van der Waals surface area contributed by atoms with E-state index in [1.165, 1.54) is 12.1 Å². The van der Waals surface area contributed by atoms with E-state index in [1.54, 1.807) is 17.4 Å². The van der Waals surface area contributed by atoms with Gasteiger partial charge in [-0.25, -0.2) is 9.37 Å². The fourth-order valence-electron chi connectivity index (χ4n) is 1.77. The Bertz CT molecular complexity index is 576. The lowest BCUT2D eigenvalue weighted by molar-refractivity contribution is 0.174. The second kappa shape index (κ2) is 7.13. The van der Waals surface area contributed by atoms with Gasteiger partial charge in [-0.1, -0.05) is 24.6 Å². The predicted octanol–water partition coefficient (Wildman–Crippen LogP) is 3.32. The fourth-order valence-corrected chi connectivity index (χ4v) is 2.63. The van der Waals surface area contributed by atoms with E-state index >= 15 is 0 Å². The summed E-state index contributed by atoms with van der Waals surface area (Å²) in [5, 5.41) is 16.2. The largest absolute Gasteiger partial charge is 0.387 e. The molecule has 6 heteroatoms. The summed E-state index contributed by atoms with van der Waals surface area (Å²) < 4.78 is 13.3. The fraction of sp³-hybridized carbons (Fsp3) is 0.357. The molecule has 1 heterocycles. The van der Waals surface area contributed by atoms with Crippen molar-refractivity contribution in [3.63, 3.8) is 0 Å². The van der Waals surface area contributed by atoms with Crippen molar-refractivity contribution in [3.05, 3.63) is 50.7 Å². The van der Waals surface area contributed by atoms with E-state index in [4.69, 9.17) is 11.6 Å². The summed E-state index contributed by atoms with van der Waals surface area (Å²) in [6.45, 7) is 2.98. The number of aliphatic hydroxyl groups excluding tert-OH is 1. The van der Waals surface area contributed by atoms with Crippen LogP contribution in [0.25, 0.3) is 0 Å². The van der Waals surface area contributed by atoms with Gasteiger partial charge in [-0.3, -0.25) is 0 Å². The predicted molar refractivity (Wildman–Crippen MR) is 79.6 cm³/mol. The highest BCUT2D eigenvalue weighted by molar-refractivity contribution is 7.09. The molecular weight excluding hydrogens is 299 g/mol. The van der Waals surface area contributed by atoms with Crippen molar-refractivity contribution in [1.82, 2.24) is 10.3 Å². The highest BCUT2D eigenvalue weighted by atomic mass is 35.5. The zero-order chi connectivity index (χ0) is 14.5. The average Bonchev–Trinajstić information content (AvgIpc) is 2.89. The van der Waals surface area contributed by atoms with Crippen LogP contribution in [0.5, 0.6) is 0 Å². The van der Waals surface area contributed by atoms with Gasteiger partial charge in [-0.15, -0.1) is 11.3 Å². The number of nitrogens with one attached hydrogen (secondary N) is 1. The first kappa shape index (κ1) is 15.4. The van der Waals surface area contributed by atoms with Gasteiger partial charge in [0.05, 0.1) is 21.8 Å². The van der Waals surface area contributed by atoms with Crippen LogP contribution in [0.15, 0.2) is 23.6 Å². The van der Waals surface area contributed by atoms with Crippen LogP contribution >= 0.6 is 22.9 Å². The van der Waals surface area contributed by atoms with Gasteiger partial charge in [-0.05, 0) is 24.1 Å². The lowest BCUT2D eigenvalue weighted by Gasteiger charge is -2.12. The first-order valence-electron chi connectivity index (χ1n) is 6.37. The van der Waals surface area contributed by atoms with E-state index in [-0.39, 0.29) is 5.02 Å². The smallest absolute Gasteiger partial charge is 0.142 e. The Balaban J connectivity index is 1.85. The quantitative estimate of drug-likeness (QED) is 0.859. The molecule has 0 aliphatic heterocycles. The minimum absolute atomic E-state index is 0.0588. The third-order valence-electron chi connectivity index (χ3n) is 2.87. The van der Waals surface area contributed by atoms with Crippen molar-refractivity contribution < 1.29 is 9.50 Å². The maximum absolute atomic E-state index is 13.3. The molecule has 0 fully saturated rings. The monoisotopic (exact) mass is 314 g/mol. The van der Waals surface area contributed by atoms with E-state index in [2.05, 4.69) is 17.2 Å². The molecule has 0 bridgehead atoms. The Morgan fingerprint density at radius 1 is 1.50 bits per heavy atom. The van der Waals surface area contributed by atoms with Crippen LogP contribution in [-0.4, -0.2) is 16.6 Å². The topological polar surface area (TPSA) is 45.2 Å². The summed E-state index contributed by atoms with van der Waals surface area (Å²) in [6.07, 6.45) is 0.156. The number of halogens is 2. The van der Waals surface area contributed by atoms with Crippen molar-refractivity contribution in [2.45, 2.75) is 26.0 Å². The molecule has 1 atom stereocenters. The van der Waals surface area contributed by atoms with Crippen LogP contribution in [0.3, 0.4) is 0 Å². The van der Waals surface area contributed by atoms with Gasteiger partial charge in [-0.2, -0.15) is 0 Å². The minimum atomic E-state index is -0.772. The van der Waals surface area contributed by atoms with Gasteiger partial charge in [0.2, 0.25) is 0 Å². The number of rotatable bonds is 6. The SMILES string of the molecule is CCc1nc(CNCC(O)c2ccc(Cl)c(F)c2)cs1. The second-order valence-electron chi connectivity index (χ2n) is 4.41. The van der Waals surface area contributed by atoms with Gasteiger partial charge >= 0.3 is 0 Å². The van der Waals surface area contributed by atoms with Crippen molar-refractivity contribution in [2.75, 3.05) is 6.54 Å². The molecule has 0 saturated carbocycles. The molecule has 0 spiro atoms. The molecule has 2 aromatic rings. The first-order chi connectivity index (χ1) is 9.60. The molecule has 1 aromatic heterocycles. The molecular formula is C14H16ClFN2OS. The first-order valence-corrected chi connectivity index (χ1v) is 7.63. The minimum Gasteiger partial charge on any atom is -0.387 e. The van der Waals surface area contributed by atoms with Gasteiger partial charge in [0.15, 0.2) is 0 Å². The van der Waals surface area contributed by atoms with E-state index < -0.39 is 11.9 Å². The average molecular weight is 315 g/mol. The lowest BCUT2D eigenvalue weighted by Crippen LogP contribution is -2.21. The zero-order valence-electron chi connectivity index (χ0n) is 11.1. The Labute approximate surface area is 126 Å². The van der Waals surface area contributed by atoms with E-state index in [1.807, 2.05) is 5.38 Å². The summed E-state index contributed by atoms with van der Waals surface area (Å²) in [5.74, 6) is -0.518. The number of hydrogen-bond acceptors (Lipinski definition) is 4. The molecule has 2 rings (SSSR count). The Morgan fingerprint density at radius 2 is 2.30 bits per heavy atom. The summed E-state index contributed by atoms with van der Waals surface area (Å²) in [4.78, 5) is 4.42. The molecule has 0 saturated heterocycles.